The number of aliphatic hydroxyl groups is 3. The largest absolute Gasteiger partial charge is 0.510 e. The number of allylic oxidation sites excluding steroid dienone is 1. The highest BCUT2D eigenvalue weighted by atomic mass is 16.3. The minimum absolute atomic E-state index is 0.0279. The van der Waals surface area contributed by atoms with Crippen LogP contribution in [0.2, 0.25) is 0 Å². The molecular formula is C34H32N4O9. The molecule has 1 unspecified atom stereocenters. The van der Waals surface area contributed by atoms with Crippen LogP contribution < -0.4 is 16.4 Å². The first kappa shape index (κ1) is 31.3. The molecule has 4 atom stereocenters. The van der Waals surface area contributed by atoms with Crippen molar-refractivity contribution in [1.29, 1.82) is 0 Å². The molecule has 9 N–H and O–H groups in total. The molecule has 0 saturated carbocycles. The number of hydrogen-bond donors (Lipinski definition) is 8. The highest BCUT2D eigenvalue weighted by Crippen LogP contribution is 2.53. The third-order valence-electron chi connectivity index (χ3n) is 9.18. The summed E-state index contributed by atoms with van der Waals surface area (Å²) in [7, 11) is 3.14. The fourth-order valence-corrected chi connectivity index (χ4v) is 7.09. The molecule has 0 radical (unpaired) electrons. The minimum Gasteiger partial charge on any atom is -0.510 e. The first-order valence-corrected chi connectivity index (χ1v) is 14.7. The maximum absolute atomic E-state index is 14.0. The third-order valence-corrected chi connectivity index (χ3v) is 9.18. The fraction of sp³-hybridized carbons (Fsp3) is 0.235. The van der Waals surface area contributed by atoms with Crippen molar-refractivity contribution in [3.05, 3.63) is 94.5 Å². The molecular weight excluding hydrogens is 608 g/mol. The number of carbonyl (C=O) groups excluding carboxylic acids is 4. The third kappa shape index (κ3) is 4.96. The average molecular weight is 641 g/mol. The van der Waals surface area contributed by atoms with Gasteiger partial charge in [-0.25, -0.2) is 4.79 Å². The lowest BCUT2D eigenvalue weighted by atomic mass is 9.58. The summed E-state index contributed by atoms with van der Waals surface area (Å²) < 4.78 is 0. The number of ketones is 2. The van der Waals surface area contributed by atoms with E-state index in [0.717, 1.165) is 0 Å². The Morgan fingerprint density at radius 3 is 2.06 bits per heavy atom. The number of likely N-dealkylation sites (N-methyl/N-ethyl adjacent to an activating group) is 1. The number of hydrogen-bond acceptors (Lipinski definition) is 10. The number of rotatable bonds is 5. The number of amides is 3. The van der Waals surface area contributed by atoms with Crippen molar-refractivity contribution in [3.63, 3.8) is 0 Å². The molecule has 0 heterocycles. The predicted molar refractivity (Wildman–Crippen MR) is 170 cm³/mol. The van der Waals surface area contributed by atoms with Gasteiger partial charge in [-0.1, -0.05) is 18.2 Å². The van der Waals surface area contributed by atoms with E-state index in [-0.39, 0.29) is 35.5 Å². The number of aliphatic hydroxyl groups excluding tert-OH is 2. The summed E-state index contributed by atoms with van der Waals surface area (Å²) in [6.45, 7) is 0. The second-order valence-corrected chi connectivity index (χ2v) is 12.2. The standard InChI is InChI=1S/C34H32N4O9/c1-38(2)27-22-14-16-13-21-20(15-3-5-17(6-4-15)36-33(46)37-18-7-9-19(39)10-8-18)11-12-23(40)25(21)28(41)24(16)30(43)34(22,47)31(44)26(29(27)42)32(35)45/h3-12,16,22,27,39-40,42-43,47H,13-14H2,1-2H3,(H2,35,45)(H2,36,37,46)/t16-,22-,27?,34-/m0/s1. The number of phenols is 2. The number of phenolic OH excluding ortho intramolecular Hbond substituents is 2. The second-order valence-electron chi connectivity index (χ2n) is 12.2. The maximum Gasteiger partial charge on any atom is 0.323 e. The first-order chi connectivity index (χ1) is 22.2. The van der Waals surface area contributed by atoms with Crippen LogP contribution in [0.15, 0.2) is 83.3 Å². The molecule has 13 heteroatoms. The Labute approximate surface area is 268 Å². The normalized spacial score (nSPS) is 23.6. The van der Waals surface area contributed by atoms with Gasteiger partial charge in [0.05, 0.1) is 11.6 Å². The smallest absolute Gasteiger partial charge is 0.323 e. The van der Waals surface area contributed by atoms with Crippen LogP contribution in [0.25, 0.3) is 11.1 Å². The van der Waals surface area contributed by atoms with Gasteiger partial charge in [-0.05, 0) is 92.0 Å². The number of Topliss-reactive ketones (excluding diaryl/α,β-unsaturated/α-hetero) is 2. The van der Waals surface area contributed by atoms with E-state index in [0.29, 0.717) is 28.1 Å². The molecule has 47 heavy (non-hydrogen) atoms. The molecule has 3 aromatic carbocycles. The van der Waals surface area contributed by atoms with E-state index in [1.807, 2.05) is 0 Å². The number of carbonyl (C=O) groups is 4. The van der Waals surface area contributed by atoms with Gasteiger partial charge in [0.25, 0.3) is 5.91 Å². The van der Waals surface area contributed by atoms with Gasteiger partial charge in [-0.15, -0.1) is 0 Å². The Morgan fingerprint density at radius 1 is 0.894 bits per heavy atom. The summed E-state index contributed by atoms with van der Waals surface area (Å²) in [5.74, 6) is -7.06. The van der Waals surface area contributed by atoms with E-state index in [9.17, 15) is 44.7 Å². The van der Waals surface area contributed by atoms with Crippen molar-refractivity contribution >= 4 is 34.9 Å². The monoisotopic (exact) mass is 640 g/mol. The summed E-state index contributed by atoms with van der Waals surface area (Å²) >= 11 is 0. The molecule has 0 bridgehead atoms. The van der Waals surface area contributed by atoms with E-state index in [2.05, 4.69) is 10.6 Å². The van der Waals surface area contributed by atoms with Crippen LogP contribution in [0.5, 0.6) is 11.5 Å². The van der Waals surface area contributed by atoms with E-state index in [1.165, 1.54) is 23.1 Å². The minimum atomic E-state index is -2.71. The van der Waals surface area contributed by atoms with E-state index in [1.54, 1.807) is 56.6 Å². The van der Waals surface area contributed by atoms with Crippen molar-refractivity contribution in [3.8, 4) is 22.6 Å². The maximum atomic E-state index is 14.0. The zero-order valence-electron chi connectivity index (χ0n) is 25.3. The summed E-state index contributed by atoms with van der Waals surface area (Å²) in [5, 5.41) is 59.8. The first-order valence-electron chi connectivity index (χ1n) is 14.7. The molecule has 0 aromatic heterocycles. The van der Waals surface area contributed by atoms with E-state index >= 15 is 0 Å². The number of nitrogens with two attached hydrogens (primary N) is 1. The summed E-state index contributed by atoms with van der Waals surface area (Å²) in [5.41, 5.74) is 4.16. The number of benzene rings is 3. The van der Waals surface area contributed by atoms with Gasteiger partial charge in [0, 0.05) is 22.9 Å². The lowest BCUT2D eigenvalue weighted by Crippen LogP contribution is -2.63. The van der Waals surface area contributed by atoms with Crippen LogP contribution in [0.4, 0.5) is 16.2 Å². The quantitative estimate of drug-likeness (QED) is 0.150. The number of nitrogens with one attached hydrogen (secondary N) is 2. The molecule has 13 nitrogen and oxygen atoms in total. The summed E-state index contributed by atoms with van der Waals surface area (Å²) in [4.78, 5) is 53.6. The number of fused-ring (bicyclic) bond motifs is 3. The van der Waals surface area contributed by atoms with Gasteiger partial charge in [0.15, 0.2) is 11.4 Å². The van der Waals surface area contributed by atoms with Crippen LogP contribution in [0.3, 0.4) is 0 Å². The topological polar surface area (TPSA) is 223 Å². The molecule has 6 rings (SSSR count). The average Bonchev–Trinajstić information content (AvgIpc) is 3.00. The van der Waals surface area contributed by atoms with Crippen molar-refractivity contribution in [2.75, 3.05) is 24.7 Å². The van der Waals surface area contributed by atoms with Gasteiger partial charge >= 0.3 is 6.03 Å². The Balaban J connectivity index is 1.35. The van der Waals surface area contributed by atoms with Crippen LogP contribution >= 0.6 is 0 Å². The van der Waals surface area contributed by atoms with Crippen LogP contribution in [0.1, 0.15) is 22.3 Å². The van der Waals surface area contributed by atoms with Crippen molar-refractivity contribution in [2.24, 2.45) is 17.6 Å². The number of urea groups is 1. The van der Waals surface area contributed by atoms with Crippen LogP contribution in [-0.4, -0.2) is 79.7 Å². The predicted octanol–water partition coefficient (Wildman–Crippen LogP) is 3.14. The molecule has 242 valence electrons. The lowest BCUT2D eigenvalue weighted by Gasteiger charge is -2.50. The SMILES string of the molecule is CN(C)C1C(O)=C(C(N)=O)C(=O)[C@@]2(O)C(O)=C3C(=O)c4c(O)ccc(-c5ccc(NC(=O)Nc6ccc(O)cc6)cc5)c4C[C@H]3C[C@@H]12. The Kier molecular flexibility index (Phi) is 7.53. The summed E-state index contributed by atoms with van der Waals surface area (Å²) in [6, 6.07) is 14.1. The van der Waals surface area contributed by atoms with Crippen LogP contribution in [0, 0.1) is 11.8 Å². The van der Waals surface area contributed by atoms with Gasteiger partial charge < -0.3 is 41.9 Å². The molecule has 0 aliphatic heterocycles. The van der Waals surface area contributed by atoms with E-state index < -0.39 is 64.1 Å². The van der Waals surface area contributed by atoms with Gasteiger partial charge in [-0.3, -0.25) is 19.3 Å². The highest BCUT2D eigenvalue weighted by Gasteiger charge is 2.63. The molecule has 3 aromatic rings. The Morgan fingerprint density at radius 2 is 1.49 bits per heavy atom. The molecule has 0 fully saturated rings. The van der Waals surface area contributed by atoms with Crippen molar-refractivity contribution in [1.82, 2.24) is 4.90 Å². The molecule has 0 spiro atoms. The number of anilines is 2. The molecule has 0 saturated heterocycles. The zero-order chi connectivity index (χ0) is 33.9. The Hall–Kier alpha value is -5.66. The highest BCUT2D eigenvalue weighted by molar-refractivity contribution is 6.25. The van der Waals surface area contributed by atoms with Crippen molar-refractivity contribution < 1.29 is 44.7 Å². The van der Waals surface area contributed by atoms with Crippen LogP contribution in [-0.2, 0) is 16.0 Å². The van der Waals surface area contributed by atoms with Crippen molar-refractivity contribution in [2.45, 2.75) is 24.5 Å². The fourth-order valence-electron chi connectivity index (χ4n) is 7.09. The Bertz CT molecular complexity index is 1910. The number of primary amides is 1. The molecule has 3 aliphatic carbocycles. The number of nitrogens with zero attached hydrogens (tertiary/aromatic N) is 1. The lowest BCUT2D eigenvalue weighted by molar-refractivity contribution is -0.148. The van der Waals surface area contributed by atoms with Gasteiger partial charge in [-0.2, -0.15) is 0 Å². The summed E-state index contributed by atoms with van der Waals surface area (Å²) in [6.07, 6.45) is 0.104. The van der Waals surface area contributed by atoms with E-state index in [4.69, 9.17) is 5.73 Å². The second kappa shape index (κ2) is 11.3. The zero-order valence-corrected chi connectivity index (χ0v) is 25.3. The van der Waals surface area contributed by atoms with Gasteiger partial charge in [0.2, 0.25) is 5.78 Å². The number of aromatic hydroxyl groups is 2. The molecule has 3 aliphatic rings. The van der Waals surface area contributed by atoms with Gasteiger partial charge in [0.1, 0.15) is 28.6 Å². The molecule has 3 amide bonds.